The number of H-pyrrole nitrogens is 1. The lowest BCUT2D eigenvalue weighted by molar-refractivity contribution is -0.121. The van der Waals surface area contributed by atoms with E-state index in [-0.39, 0.29) is 11.9 Å². The Hall–Kier alpha value is -2.66. The number of hydrogen-bond donors (Lipinski definition) is 2. The Morgan fingerprint density at radius 2 is 1.84 bits per heavy atom. The number of hydrogen-bond acceptors (Lipinski definition) is 3. The van der Waals surface area contributed by atoms with Crippen molar-refractivity contribution in [2.45, 2.75) is 18.9 Å². The van der Waals surface area contributed by atoms with Crippen molar-refractivity contribution >= 4 is 16.9 Å². The molecule has 2 N–H and O–H groups in total. The number of nitrogens with one attached hydrogen (secondary N) is 2. The molecule has 25 heavy (non-hydrogen) atoms. The Kier molecular flexibility index (Phi) is 5.46. The summed E-state index contributed by atoms with van der Waals surface area (Å²) in [5.41, 5.74) is 3.06. The van der Waals surface area contributed by atoms with Gasteiger partial charge in [-0.05, 0) is 31.8 Å². The molecule has 1 heterocycles. The molecule has 0 aliphatic carbocycles. The van der Waals surface area contributed by atoms with Gasteiger partial charge in [0.2, 0.25) is 5.91 Å². The highest BCUT2D eigenvalue weighted by molar-refractivity contribution is 5.77. The Morgan fingerprint density at radius 3 is 2.56 bits per heavy atom. The molecule has 3 rings (SSSR count). The van der Waals surface area contributed by atoms with E-state index in [9.17, 15) is 4.79 Å². The van der Waals surface area contributed by atoms with Crippen molar-refractivity contribution in [1.29, 1.82) is 0 Å². The van der Waals surface area contributed by atoms with Gasteiger partial charge in [0.15, 0.2) is 0 Å². The number of amides is 1. The van der Waals surface area contributed by atoms with Crippen molar-refractivity contribution in [3.63, 3.8) is 0 Å². The van der Waals surface area contributed by atoms with E-state index in [4.69, 9.17) is 0 Å². The van der Waals surface area contributed by atoms with Crippen LogP contribution in [0.4, 0.5) is 0 Å². The van der Waals surface area contributed by atoms with Gasteiger partial charge in [-0.2, -0.15) is 0 Å². The molecule has 1 atom stereocenters. The smallest absolute Gasteiger partial charge is 0.220 e. The lowest BCUT2D eigenvalue weighted by atomic mass is 10.1. The molecular formula is C20H24N4O. The fourth-order valence-corrected chi connectivity index (χ4v) is 2.91. The summed E-state index contributed by atoms with van der Waals surface area (Å²) in [7, 11) is 4.02. The van der Waals surface area contributed by atoms with E-state index in [1.165, 1.54) is 0 Å². The first kappa shape index (κ1) is 17.2. The topological polar surface area (TPSA) is 61.0 Å². The minimum absolute atomic E-state index is 0.0145. The van der Waals surface area contributed by atoms with E-state index in [1.807, 2.05) is 68.7 Å². The second-order valence-electron chi connectivity index (χ2n) is 6.49. The molecule has 3 aromatic rings. The van der Waals surface area contributed by atoms with Gasteiger partial charge in [-0.25, -0.2) is 4.98 Å². The molecule has 0 saturated heterocycles. The van der Waals surface area contributed by atoms with Crippen LogP contribution in [0.1, 0.15) is 23.9 Å². The van der Waals surface area contributed by atoms with Gasteiger partial charge in [0.25, 0.3) is 0 Å². The predicted molar refractivity (Wildman–Crippen MR) is 100 cm³/mol. The van der Waals surface area contributed by atoms with Crippen LogP contribution >= 0.6 is 0 Å². The second-order valence-corrected chi connectivity index (χ2v) is 6.49. The van der Waals surface area contributed by atoms with Gasteiger partial charge in [-0.1, -0.05) is 42.5 Å². The van der Waals surface area contributed by atoms with Gasteiger partial charge in [0.05, 0.1) is 17.1 Å². The van der Waals surface area contributed by atoms with Gasteiger partial charge >= 0.3 is 0 Å². The zero-order valence-electron chi connectivity index (χ0n) is 14.7. The maximum atomic E-state index is 12.4. The van der Waals surface area contributed by atoms with Crippen LogP contribution in [0.5, 0.6) is 0 Å². The van der Waals surface area contributed by atoms with Crippen molar-refractivity contribution < 1.29 is 4.79 Å². The average molecular weight is 336 g/mol. The fraction of sp³-hybridized carbons (Fsp3) is 0.300. The zero-order valence-corrected chi connectivity index (χ0v) is 14.7. The highest BCUT2D eigenvalue weighted by Gasteiger charge is 2.15. The molecule has 0 saturated carbocycles. The first-order valence-electron chi connectivity index (χ1n) is 8.54. The standard InChI is InChI=1S/C20H24N4O/c1-24(2)14-18(15-8-4-3-5-9-15)23-20(25)13-12-19-21-16-10-6-7-11-17(16)22-19/h3-11,18H,12-14H2,1-2H3,(H,21,22)(H,23,25)/t18-/m0/s1. The number of imidazole rings is 1. The van der Waals surface area contributed by atoms with E-state index >= 15 is 0 Å². The third-order valence-electron chi connectivity index (χ3n) is 4.11. The third-order valence-corrected chi connectivity index (χ3v) is 4.11. The summed E-state index contributed by atoms with van der Waals surface area (Å²) in [6.07, 6.45) is 1.01. The molecule has 1 amide bonds. The maximum absolute atomic E-state index is 12.4. The minimum Gasteiger partial charge on any atom is -0.348 e. The number of aromatic amines is 1. The number of carbonyl (C=O) groups excluding carboxylic acids is 1. The Labute approximate surface area is 148 Å². The van der Waals surface area contributed by atoms with Crippen LogP contribution in [-0.4, -0.2) is 41.4 Å². The van der Waals surface area contributed by atoms with Crippen LogP contribution < -0.4 is 5.32 Å². The number of rotatable bonds is 7. The van der Waals surface area contributed by atoms with Crippen molar-refractivity contribution in [3.05, 3.63) is 66.0 Å². The highest BCUT2D eigenvalue weighted by atomic mass is 16.1. The summed E-state index contributed by atoms with van der Waals surface area (Å²) in [6.45, 7) is 0.764. The monoisotopic (exact) mass is 336 g/mol. The van der Waals surface area contributed by atoms with Crippen LogP contribution in [0.3, 0.4) is 0 Å². The second kappa shape index (κ2) is 7.94. The van der Waals surface area contributed by atoms with E-state index in [0.29, 0.717) is 12.8 Å². The molecule has 0 bridgehead atoms. The summed E-state index contributed by atoms with van der Waals surface area (Å²) >= 11 is 0. The van der Waals surface area contributed by atoms with Crippen LogP contribution in [0.2, 0.25) is 0 Å². The van der Waals surface area contributed by atoms with E-state index in [1.54, 1.807) is 0 Å². The first-order valence-corrected chi connectivity index (χ1v) is 8.54. The molecule has 5 nitrogen and oxygen atoms in total. The number of aromatic nitrogens is 2. The van der Waals surface area contributed by atoms with Crippen molar-refractivity contribution in [1.82, 2.24) is 20.2 Å². The van der Waals surface area contributed by atoms with E-state index in [0.717, 1.165) is 29.0 Å². The van der Waals surface area contributed by atoms with Crippen molar-refractivity contribution in [2.75, 3.05) is 20.6 Å². The summed E-state index contributed by atoms with van der Waals surface area (Å²) < 4.78 is 0. The van der Waals surface area contributed by atoms with Gasteiger partial charge < -0.3 is 15.2 Å². The molecule has 0 aliphatic heterocycles. The van der Waals surface area contributed by atoms with Crippen molar-refractivity contribution in [2.24, 2.45) is 0 Å². The summed E-state index contributed by atoms with van der Waals surface area (Å²) in [5, 5.41) is 3.15. The summed E-state index contributed by atoms with van der Waals surface area (Å²) in [6, 6.07) is 18.0. The number of para-hydroxylation sites is 2. The largest absolute Gasteiger partial charge is 0.348 e. The molecule has 5 heteroatoms. The van der Waals surface area contributed by atoms with E-state index in [2.05, 4.69) is 20.2 Å². The van der Waals surface area contributed by atoms with Crippen LogP contribution in [0.15, 0.2) is 54.6 Å². The first-order chi connectivity index (χ1) is 12.1. The van der Waals surface area contributed by atoms with Crippen LogP contribution in [-0.2, 0) is 11.2 Å². The third kappa shape index (κ3) is 4.67. The maximum Gasteiger partial charge on any atom is 0.220 e. The number of benzene rings is 2. The van der Waals surface area contributed by atoms with Crippen LogP contribution in [0.25, 0.3) is 11.0 Å². The van der Waals surface area contributed by atoms with Gasteiger partial charge in [-0.3, -0.25) is 4.79 Å². The Bertz CT molecular complexity index is 793. The quantitative estimate of drug-likeness (QED) is 0.697. The Morgan fingerprint density at radius 1 is 1.12 bits per heavy atom. The Balaban J connectivity index is 1.61. The minimum atomic E-state index is -0.0145. The molecule has 0 spiro atoms. The van der Waals surface area contributed by atoms with Gasteiger partial charge in [0, 0.05) is 19.4 Å². The molecule has 0 radical (unpaired) electrons. The van der Waals surface area contributed by atoms with Gasteiger partial charge in [-0.15, -0.1) is 0 Å². The molecule has 0 unspecified atom stereocenters. The predicted octanol–water partition coefficient (Wildman–Crippen LogP) is 2.91. The number of carbonyl (C=O) groups is 1. The number of nitrogens with zero attached hydrogens (tertiary/aromatic N) is 2. The SMILES string of the molecule is CN(C)C[C@H](NC(=O)CCc1nc2ccccc2[nH]1)c1ccccc1. The molecule has 1 aromatic heterocycles. The van der Waals surface area contributed by atoms with Gasteiger partial charge in [0.1, 0.15) is 5.82 Å². The average Bonchev–Trinajstić information content (AvgIpc) is 3.03. The molecular weight excluding hydrogens is 312 g/mol. The fourth-order valence-electron chi connectivity index (χ4n) is 2.91. The summed E-state index contributed by atoms with van der Waals surface area (Å²) in [4.78, 5) is 22.3. The number of aryl methyl sites for hydroxylation is 1. The molecule has 2 aromatic carbocycles. The molecule has 130 valence electrons. The number of likely N-dealkylation sites (N-methyl/N-ethyl adjacent to an activating group) is 1. The zero-order chi connectivity index (χ0) is 17.6. The normalized spacial score (nSPS) is 12.4. The lowest BCUT2D eigenvalue weighted by Gasteiger charge is -2.22. The highest BCUT2D eigenvalue weighted by Crippen LogP contribution is 2.15. The molecule has 0 aliphatic rings. The van der Waals surface area contributed by atoms with Crippen LogP contribution in [0, 0.1) is 0 Å². The lowest BCUT2D eigenvalue weighted by Crippen LogP contribution is -2.35. The molecule has 0 fully saturated rings. The summed E-state index contributed by atoms with van der Waals surface area (Å²) in [5.74, 6) is 0.886. The van der Waals surface area contributed by atoms with Crippen molar-refractivity contribution in [3.8, 4) is 0 Å². The van der Waals surface area contributed by atoms with E-state index < -0.39 is 0 Å². The number of fused-ring (bicyclic) bond motifs is 1.